The molecule has 2 heterocycles. The van der Waals surface area contributed by atoms with Gasteiger partial charge in [0, 0.05) is 33.4 Å². The van der Waals surface area contributed by atoms with Gasteiger partial charge in [-0.15, -0.1) is 0 Å². The van der Waals surface area contributed by atoms with Crippen molar-refractivity contribution in [2.45, 2.75) is 65.5 Å². The molecule has 0 unspecified atom stereocenters. The minimum absolute atomic E-state index is 0.171. The molecule has 2 aliphatic carbocycles. The number of esters is 1. The van der Waals surface area contributed by atoms with Crippen molar-refractivity contribution in [1.82, 2.24) is 9.13 Å². The number of carboxylic acids is 1. The molecule has 8 rings (SSSR count). The predicted molar refractivity (Wildman–Crippen MR) is 242 cm³/mol. The topological polar surface area (TPSA) is 212 Å². The highest BCUT2D eigenvalue weighted by molar-refractivity contribution is 9.10. The van der Waals surface area contributed by atoms with Crippen molar-refractivity contribution in [3.63, 3.8) is 0 Å². The number of rotatable bonds is 14. The van der Waals surface area contributed by atoms with E-state index in [2.05, 4.69) is 31.9 Å². The summed E-state index contributed by atoms with van der Waals surface area (Å²) in [4.78, 5) is 72.4. The lowest BCUT2D eigenvalue weighted by Gasteiger charge is -2.14. The number of aliphatic carboxylic acids is 1. The number of methoxy groups -OCH3 is 1. The molecule has 0 spiro atoms. The molecule has 6 aromatic rings. The molecule has 63 heavy (non-hydrogen) atoms. The van der Waals surface area contributed by atoms with Crippen LogP contribution in [0.3, 0.4) is 0 Å². The lowest BCUT2D eigenvalue weighted by Crippen LogP contribution is -2.24. The molecule has 16 heteroatoms. The monoisotopic (exact) mass is 982 g/mol. The first-order valence-electron chi connectivity index (χ1n) is 20.2. The van der Waals surface area contributed by atoms with Crippen molar-refractivity contribution < 1.29 is 48.1 Å². The lowest BCUT2D eigenvalue weighted by atomic mass is 10.0. The van der Waals surface area contributed by atoms with Crippen LogP contribution in [0.25, 0.3) is 21.8 Å². The maximum absolute atomic E-state index is 12.9. The Morgan fingerprint density at radius 3 is 1.44 bits per heavy atom. The normalized spacial score (nSPS) is 12.7. The summed E-state index contributed by atoms with van der Waals surface area (Å²) in [5, 5.41) is 10.1. The maximum Gasteiger partial charge on any atom is 0.343 e. The number of aryl methyl sites for hydroxylation is 4. The summed E-state index contributed by atoms with van der Waals surface area (Å²) < 4.78 is 22.0. The second kappa shape index (κ2) is 18.6. The molecule has 2 aromatic heterocycles. The van der Waals surface area contributed by atoms with Gasteiger partial charge in [-0.05, 0) is 110 Å². The molecular weight excluding hydrogens is 940 g/mol. The van der Waals surface area contributed by atoms with Crippen LogP contribution in [0.4, 0.5) is 0 Å². The molecule has 0 bridgehead atoms. The van der Waals surface area contributed by atoms with Crippen LogP contribution in [0, 0.1) is 13.8 Å². The Labute approximate surface area is 378 Å². The van der Waals surface area contributed by atoms with Gasteiger partial charge in [0.25, 0.3) is 23.4 Å². The van der Waals surface area contributed by atoms with Crippen LogP contribution in [-0.4, -0.2) is 69.9 Å². The number of primary amides is 2. The third kappa shape index (κ3) is 8.74. The minimum atomic E-state index is -1.12. The fourth-order valence-corrected chi connectivity index (χ4v) is 9.61. The number of carboxylic acid groups (broad SMARTS) is 1. The Hall–Kier alpha value is -6.26. The molecule has 0 radical (unpaired) electrons. The van der Waals surface area contributed by atoms with E-state index in [-0.39, 0.29) is 23.5 Å². The van der Waals surface area contributed by atoms with Crippen molar-refractivity contribution in [1.29, 1.82) is 0 Å². The number of nitrogens with two attached hydrogens (primary N) is 2. The van der Waals surface area contributed by atoms with Gasteiger partial charge in [-0.25, -0.2) is 9.59 Å². The van der Waals surface area contributed by atoms with E-state index in [0.29, 0.717) is 41.0 Å². The second-order valence-corrected chi connectivity index (χ2v) is 17.1. The number of nitrogens with zero attached hydrogens (tertiary/aromatic N) is 2. The van der Waals surface area contributed by atoms with Crippen LogP contribution in [0.1, 0.15) is 78.3 Å². The molecule has 2 amide bonds. The second-order valence-electron chi connectivity index (χ2n) is 15.4. The third-order valence-corrected chi connectivity index (χ3v) is 13.2. The summed E-state index contributed by atoms with van der Waals surface area (Å²) in [6.07, 6.45) is 5.32. The average molecular weight is 985 g/mol. The van der Waals surface area contributed by atoms with E-state index in [1.165, 1.54) is 7.11 Å². The first-order valence-corrected chi connectivity index (χ1v) is 21.8. The molecule has 0 saturated carbocycles. The number of amides is 2. The van der Waals surface area contributed by atoms with Gasteiger partial charge in [-0.1, -0.05) is 68.3 Å². The molecule has 2 aliphatic rings. The number of fused-ring (bicyclic) bond motifs is 6. The standard InChI is InChI=1S/C24H23BrN2O5.C23H21BrN2O5/c1-13-20(23(29)24(26)30)21-18(32-12-19(28)31-2)10-14-7-5-8-16(14)22(21)27(13)11-15-6-3-4-9-17(15)25;1-12-19(22(29)23(25)30)20-17(31-11-18(27)28)9-13-6-4-7-15(13)21(20)26(12)10-14-5-2-3-8-16(14)24/h3-4,6,9-10H,5,7-8,11-12H2,1-2H3,(H2,26,30);2-3,5,8-9H,4,6-7,10-11H2,1H3,(H2,25,30)(H,27,28). The smallest absolute Gasteiger partial charge is 0.343 e. The Morgan fingerprint density at radius 1 is 0.651 bits per heavy atom. The average Bonchev–Trinajstić information content (AvgIpc) is 4.04. The lowest BCUT2D eigenvalue weighted by molar-refractivity contribution is -0.143. The number of hydrogen-bond donors (Lipinski definition) is 3. The van der Waals surface area contributed by atoms with Gasteiger partial charge in [0.15, 0.2) is 13.2 Å². The van der Waals surface area contributed by atoms with E-state index in [4.69, 9.17) is 30.8 Å². The van der Waals surface area contributed by atoms with Gasteiger partial charge in [-0.3, -0.25) is 19.2 Å². The first kappa shape index (κ1) is 44.8. The van der Waals surface area contributed by atoms with Crippen molar-refractivity contribution in [3.05, 3.63) is 126 Å². The molecule has 0 atom stereocenters. The van der Waals surface area contributed by atoms with E-state index >= 15 is 0 Å². The Bertz CT molecular complexity index is 2890. The highest BCUT2D eigenvalue weighted by atomic mass is 79.9. The van der Waals surface area contributed by atoms with Crippen molar-refractivity contribution in [2.24, 2.45) is 11.5 Å². The van der Waals surface area contributed by atoms with Crippen LogP contribution in [0.5, 0.6) is 11.5 Å². The number of carbonyl (C=O) groups excluding carboxylic acids is 5. The fraction of sp³-hybridized carbons (Fsp3) is 0.277. The maximum atomic E-state index is 12.9. The van der Waals surface area contributed by atoms with E-state index < -0.39 is 41.9 Å². The number of ether oxygens (including phenoxy) is 3. The minimum Gasteiger partial charge on any atom is -0.481 e. The van der Waals surface area contributed by atoms with Crippen LogP contribution in [-0.2, 0) is 62.7 Å². The Kier molecular flexibility index (Phi) is 13.2. The van der Waals surface area contributed by atoms with Crippen LogP contribution in [0.15, 0.2) is 69.6 Å². The van der Waals surface area contributed by atoms with Gasteiger partial charge in [0.2, 0.25) is 0 Å². The molecule has 14 nitrogen and oxygen atoms in total. The number of Topliss-reactive ketones (excluding diaryl/α,β-unsaturated/α-hetero) is 2. The summed E-state index contributed by atoms with van der Waals surface area (Å²) in [5.74, 6) is -4.68. The van der Waals surface area contributed by atoms with Gasteiger partial charge in [0.05, 0.1) is 40.0 Å². The molecule has 4 aromatic carbocycles. The van der Waals surface area contributed by atoms with E-state index in [0.717, 1.165) is 91.9 Å². The largest absolute Gasteiger partial charge is 0.481 e. The number of halogens is 2. The van der Waals surface area contributed by atoms with Gasteiger partial charge < -0.3 is 39.9 Å². The number of ketones is 2. The highest BCUT2D eigenvalue weighted by Crippen LogP contribution is 2.43. The first-order chi connectivity index (χ1) is 30.1. The SMILES string of the molecule is COC(=O)COc1cc2c(c3c1c(C(=O)C(N)=O)c(C)n3Cc1ccccc1Br)CCC2.Cc1c(C(=O)C(N)=O)c2c(OCC(=O)O)cc3c(c2n1Cc1ccccc1Br)CCC3. The Balaban J connectivity index is 0.000000189. The van der Waals surface area contributed by atoms with Gasteiger partial charge in [0.1, 0.15) is 11.5 Å². The van der Waals surface area contributed by atoms with Crippen molar-refractivity contribution in [3.8, 4) is 11.5 Å². The van der Waals surface area contributed by atoms with E-state index in [9.17, 15) is 28.8 Å². The zero-order chi connectivity index (χ0) is 45.3. The zero-order valence-corrected chi connectivity index (χ0v) is 37.9. The highest BCUT2D eigenvalue weighted by Gasteiger charge is 2.32. The van der Waals surface area contributed by atoms with E-state index in [1.54, 1.807) is 19.9 Å². The number of hydrogen-bond acceptors (Lipinski definition) is 9. The fourth-order valence-electron chi connectivity index (χ4n) is 8.79. The molecular formula is C47H44Br2N4O10. The number of carbonyl (C=O) groups is 6. The summed E-state index contributed by atoms with van der Waals surface area (Å²) in [7, 11) is 1.28. The quantitative estimate of drug-likeness (QED) is 0.0587. The predicted octanol–water partition coefficient (Wildman–Crippen LogP) is 6.85. The number of benzene rings is 4. The molecule has 326 valence electrons. The van der Waals surface area contributed by atoms with Crippen molar-refractivity contribution in [2.75, 3.05) is 20.3 Å². The molecule has 0 saturated heterocycles. The number of aromatic nitrogens is 2. The third-order valence-electron chi connectivity index (χ3n) is 11.6. The summed E-state index contributed by atoms with van der Waals surface area (Å²) >= 11 is 7.17. The summed E-state index contributed by atoms with van der Waals surface area (Å²) in [5.41, 5.74) is 20.4. The summed E-state index contributed by atoms with van der Waals surface area (Å²) in [6, 6.07) is 19.3. The van der Waals surface area contributed by atoms with Gasteiger partial charge in [-0.2, -0.15) is 0 Å². The molecule has 0 aliphatic heterocycles. The van der Waals surface area contributed by atoms with Crippen LogP contribution < -0.4 is 20.9 Å². The van der Waals surface area contributed by atoms with Crippen LogP contribution >= 0.6 is 31.9 Å². The van der Waals surface area contributed by atoms with Crippen molar-refractivity contribution >= 4 is 89.0 Å². The molecule has 5 N–H and O–H groups in total. The Morgan fingerprint density at radius 2 is 1.06 bits per heavy atom. The molecule has 0 fully saturated rings. The van der Waals surface area contributed by atoms with Crippen LogP contribution in [0.2, 0.25) is 0 Å². The summed E-state index contributed by atoms with van der Waals surface area (Å²) in [6.45, 7) is 3.68. The van der Waals surface area contributed by atoms with E-state index in [1.807, 2.05) is 63.7 Å². The zero-order valence-electron chi connectivity index (χ0n) is 34.8. The van der Waals surface area contributed by atoms with Gasteiger partial charge >= 0.3 is 11.9 Å².